The summed E-state index contributed by atoms with van der Waals surface area (Å²) in [6.45, 7) is 0. The molecule has 0 atom stereocenters. The van der Waals surface area contributed by atoms with Gasteiger partial charge in [0.15, 0.2) is 5.78 Å². The third-order valence-electron chi connectivity index (χ3n) is 2.04. The molecular weight excluding hydrogens is 279 g/mol. The van der Waals surface area contributed by atoms with Crippen LogP contribution in [0.15, 0.2) is 18.2 Å². The Kier molecular flexibility index (Phi) is 5.12. The van der Waals surface area contributed by atoms with Gasteiger partial charge in [-0.2, -0.15) is 0 Å². The number of halogens is 2. The van der Waals surface area contributed by atoms with Crippen molar-refractivity contribution in [1.29, 1.82) is 0 Å². The van der Waals surface area contributed by atoms with Gasteiger partial charge in [-0.05, 0) is 17.7 Å². The number of Topliss-reactive ketones (excluding diaryl/α,β-unsaturated/α-hetero) is 1. The van der Waals surface area contributed by atoms with Crippen LogP contribution in [0, 0.1) is 0 Å². The monoisotopic (exact) mass is 290 g/mol. The lowest BCUT2D eigenvalue weighted by molar-refractivity contribution is 0.0987. The lowest BCUT2D eigenvalue weighted by Gasteiger charge is -2.08. The minimum Gasteiger partial charge on any atom is -0.496 e. The van der Waals surface area contributed by atoms with Gasteiger partial charge in [-0.25, -0.2) is 0 Å². The van der Waals surface area contributed by atoms with E-state index in [9.17, 15) is 4.79 Å². The van der Waals surface area contributed by atoms with E-state index in [1.54, 1.807) is 19.2 Å². The number of carbonyl (C=O) groups excluding carboxylic acids is 1. The summed E-state index contributed by atoms with van der Waals surface area (Å²) < 4.78 is 5.13. The normalized spacial score (nSPS) is 10.1. The molecule has 0 N–H and O–H groups in total. The van der Waals surface area contributed by atoms with E-state index in [-0.39, 0.29) is 5.78 Å². The molecule has 0 saturated heterocycles. The van der Waals surface area contributed by atoms with Crippen molar-refractivity contribution in [2.24, 2.45) is 0 Å². The molecule has 0 aliphatic heterocycles. The molecule has 0 aromatic heterocycles. The Morgan fingerprint density at radius 3 is 2.80 bits per heavy atom. The smallest absolute Gasteiger partial charge is 0.167 e. The van der Waals surface area contributed by atoms with Gasteiger partial charge in [-0.15, -0.1) is 11.6 Å². The molecule has 0 radical (unpaired) electrons. The molecule has 0 saturated carbocycles. The zero-order valence-corrected chi connectivity index (χ0v) is 10.8. The van der Waals surface area contributed by atoms with E-state index in [1.165, 1.54) is 0 Å². The minimum absolute atomic E-state index is 0.0655. The number of rotatable bonds is 5. The summed E-state index contributed by atoms with van der Waals surface area (Å²) >= 11 is 8.96. The van der Waals surface area contributed by atoms with Crippen molar-refractivity contribution in [1.82, 2.24) is 0 Å². The van der Waals surface area contributed by atoms with Gasteiger partial charge in [0.2, 0.25) is 0 Å². The first-order chi connectivity index (χ1) is 7.22. The van der Waals surface area contributed by atoms with Crippen molar-refractivity contribution in [2.75, 3.05) is 12.4 Å². The van der Waals surface area contributed by atoms with Crippen LogP contribution in [0.2, 0.25) is 0 Å². The van der Waals surface area contributed by atoms with Gasteiger partial charge in [0.05, 0.1) is 12.7 Å². The maximum atomic E-state index is 11.7. The maximum absolute atomic E-state index is 11.7. The highest BCUT2D eigenvalue weighted by molar-refractivity contribution is 9.09. The molecule has 2 nitrogen and oxygen atoms in total. The summed E-state index contributed by atoms with van der Waals surface area (Å²) in [5.74, 6) is 1.07. The van der Waals surface area contributed by atoms with E-state index in [0.717, 1.165) is 5.56 Å². The second-order valence-corrected chi connectivity index (χ2v) is 4.09. The Labute approximate surface area is 103 Å². The molecule has 0 aliphatic carbocycles. The standard InChI is InChI=1S/C11H12BrClO2/c1-15-11-3-2-8(7-13)6-9(11)10(14)4-5-12/h2-3,6H,4-5,7H2,1H3. The average Bonchev–Trinajstić information content (AvgIpc) is 2.28. The highest BCUT2D eigenvalue weighted by Crippen LogP contribution is 2.22. The van der Waals surface area contributed by atoms with Crippen molar-refractivity contribution in [3.63, 3.8) is 0 Å². The third kappa shape index (κ3) is 3.21. The number of hydrogen-bond acceptors (Lipinski definition) is 2. The molecular formula is C11H12BrClO2. The lowest BCUT2D eigenvalue weighted by atomic mass is 10.1. The van der Waals surface area contributed by atoms with E-state index < -0.39 is 0 Å². The predicted molar refractivity (Wildman–Crippen MR) is 65.3 cm³/mol. The number of hydrogen-bond donors (Lipinski definition) is 0. The number of methoxy groups -OCH3 is 1. The van der Waals surface area contributed by atoms with Crippen molar-refractivity contribution in [2.45, 2.75) is 12.3 Å². The molecule has 0 spiro atoms. The highest BCUT2D eigenvalue weighted by atomic mass is 79.9. The van der Waals surface area contributed by atoms with Gasteiger partial charge < -0.3 is 4.74 Å². The SMILES string of the molecule is COc1ccc(CCl)cc1C(=O)CCBr. The van der Waals surface area contributed by atoms with Crippen LogP contribution < -0.4 is 4.74 Å². The first-order valence-corrected chi connectivity index (χ1v) is 6.20. The predicted octanol–water partition coefficient (Wildman–Crippen LogP) is 3.40. The fourth-order valence-electron chi connectivity index (χ4n) is 1.28. The number of ether oxygens (including phenoxy) is 1. The molecule has 1 rings (SSSR count). The van der Waals surface area contributed by atoms with Crippen LogP contribution in [0.25, 0.3) is 0 Å². The fraction of sp³-hybridized carbons (Fsp3) is 0.364. The van der Waals surface area contributed by atoms with E-state index in [4.69, 9.17) is 16.3 Å². The van der Waals surface area contributed by atoms with Crippen LogP contribution in [0.4, 0.5) is 0 Å². The molecule has 0 unspecified atom stereocenters. The van der Waals surface area contributed by atoms with Crippen LogP contribution >= 0.6 is 27.5 Å². The first-order valence-electron chi connectivity index (χ1n) is 4.55. The van der Waals surface area contributed by atoms with Crippen LogP contribution in [-0.2, 0) is 5.88 Å². The Morgan fingerprint density at radius 1 is 1.53 bits per heavy atom. The summed E-state index contributed by atoms with van der Waals surface area (Å²) in [6, 6.07) is 5.42. The molecule has 82 valence electrons. The third-order valence-corrected chi connectivity index (χ3v) is 2.75. The number of carbonyl (C=O) groups is 1. The van der Waals surface area contributed by atoms with Gasteiger partial charge >= 0.3 is 0 Å². The minimum atomic E-state index is 0.0655. The summed E-state index contributed by atoms with van der Waals surface area (Å²) in [5, 5.41) is 0.653. The largest absolute Gasteiger partial charge is 0.496 e. The maximum Gasteiger partial charge on any atom is 0.167 e. The molecule has 0 fully saturated rings. The topological polar surface area (TPSA) is 26.3 Å². The quantitative estimate of drug-likeness (QED) is 0.614. The van der Waals surface area contributed by atoms with Crippen molar-refractivity contribution in [3.05, 3.63) is 29.3 Å². The zero-order chi connectivity index (χ0) is 11.3. The Balaban J connectivity index is 3.05. The Hall–Kier alpha value is -0.540. The molecule has 0 heterocycles. The Bertz CT molecular complexity index is 352. The summed E-state index contributed by atoms with van der Waals surface area (Å²) in [5.41, 5.74) is 1.53. The average molecular weight is 292 g/mol. The first kappa shape index (κ1) is 12.5. The summed E-state index contributed by atoms with van der Waals surface area (Å²) in [7, 11) is 1.56. The van der Waals surface area contributed by atoms with Crippen LogP contribution in [-0.4, -0.2) is 18.2 Å². The van der Waals surface area contributed by atoms with E-state index >= 15 is 0 Å². The van der Waals surface area contributed by atoms with Crippen molar-refractivity contribution in [3.8, 4) is 5.75 Å². The van der Waals surface area contributed by atoms with Crippen LogP contribution in [0.3, 0.4) is 0 Å². The van der Waals surface area contributed by atoms with E-state index in [0.29, 0.717) is 28.9 Å². The van der Waals surface area contributed by atoms with Gasteiger partial charge in [-0.3, -0.25) is 4.79 Å². The highest BCUT2D eigenvalue weighted by Gasteiger charge is 2.12. The van der Waals surface area contributed by atoms with Crippen LogP contribution in [0.1, 0.15) is 22.3 Å². The van der Waals surface area contributed by atoms with Gasteiger partial charge in [-0.1, -0.05) is 22.0 Å². The Morgan fingerprint density at radius 2 is 2.27 bits per heavy atom. The summed E-state index contributed by atoms with van der Waals surface area (Å²) in [4.78, 5) is 11.7. The molecule has 15 heavy (non-hydrogen) atoms. The number of ketones is 1. The number of alkyl halides is 2. The molecule has 4 heteroatoms. The number of benzene rings is 1. The second-order valence-electron chi connectivity index (χ2n) is 3.03. The van der Waals surface area contributed by atoms with Crippen molar-refractivity contribution < 1.29 is 9.53 Å². The second kappa shape index (κ2) is 6.13. The summed E-state index contributed by atoms with van der Waals surface area (Å²) in [6.07, 6.45) is 0.460. The van der Waals surface area contributed by atoms with Crippen LogP contribution in [0.5, 0.6) is 5.75 Å². The zero-order valence-electron chi connectivity index (χ0n) is 8.43. The molecule has 1 aromatic carbocycles. The molecule has 1 aromatic rings. The lowest BCUT2D eigenvalue weighted by Crippen LogP contribution is -2.03. The molecule has 0 aliphatic rings. The van der Waals surface area contributed by atoms with E-state index in [2.05, 4.69) is 15.9 Å². The van der Waals surface area contributed by atoms with Gasteiger partial charge in [0, 0.05) is 17.6 Å². The van der Waals surface area contributed by atoms with E-state index in [1.807, 2.05) is 6.07 Å². The van der Waals surface area contributed by atoms with Crippen molar-refractivity contribution >= 4 is 33.3 Å². The molecule has 0 amide bonds. The van der Waals surface area contributed by atoms with Gasteiger partial charge in [0.25, 0.3) is 0 Å². The molecule has 0 bridgehead atoms. The fourth-order valence-corrected chi connectivity index (χ4v) is 1.80. The van der Waals surface area contributed by atoms with Gasteiger partial charge in [0.1, 0.15) is 5.75 Å².